The van der Waals surface area contributed by atoms with Crippen LogP contribution in [0.5, 0.6) is 0 Å². The standard InChI is InChI=1S/2C14H28O2.2CH3.Sn/c2*1-14(2,3)12-10-8-6-4-5-7-9-11-13(15)16;;;/h2*4-12H2,1-3H3,(H,15,16);2*1H3;/q;;;;+2/p-2. The summed E-state index contributed by atoms with van der Waals surface area (Å²) in [5, 5.41) is 20.3. The molecule has 0 aliphatic carbocycles. The zero-order valence-corrected chi connectivity index (χ0v) is 27.7. The zero-order chi connectivity index (χ0) is 27.6. The minimum atomic E-state index is -0.912. The van der Waals surface area contributed by atoms with Crippen molar-refractivity contribution in [2.24, 2.45) is 10.8 Å². The van der Waals surface area contributed by atoms with Gasteiger partial charge in [0.15, 0.2) is 0 Å². The van der Waals surface area contributed by atoms with Gasteiger partial charge in [0.2, 0.25) is 0 Å². The van der Waals surface area contributed by atoms with Gasteiger partial charge in [-0.05, 0) is 49.4 Å². The first-order chi connectivity index (χ1) is 16.2. The summed E-state index contributed by atoms with van der Waals surface area (Å²) >= 11 is 0.230. The van der Waals surface area contributed by atoms with E-state index in [1.54, 1.807) is 0 Å². The van der Waals surface area contributed by atoms with Gasteiger partial charge >= 0.3 is 31.0 Å². The van der Waals surface area contributed by atoms with Gasteiger partial charge in [-0.3, -0.25) is 0 Å². The van der Waals surface area contributed by atoms with Crippen molar-refractivity contribution >= 4 is 33.1 Å². The second-order valence-electron chi connectivity index (χ2n) is 12.3. The maximum absolute atomic E-state index is 10.2. The summed E-state index contributed by atoms with van der Waals surface area (Å²) in [6, 6.07) is 0. The number of hydrogen-bond acceptors (Lipinski definition) is 4. The second kappa shape index (κ2) is 26.8. The fourth-order valence-corrected chi connectivity index (χ4v) is 3.62. The van der Waals surface area contributed by atoms with Gasteiger partial charge < -0.3 is 19.8 Å². The van der Waals surface area contributed by atoms with Crippen LogP contribution in [-0.4, -0.2) is 33.1 Å². The predicted molar refractivity (Wildman–Crippen MR) is 150 cm³/mol. The number of carboxylic acid groups (broad SMARTS) is 2. The molecule has 5 heteroatoms. The molecule has 0 amide bonds. The summed E-state index contributed by atoms with van der Waals surface area (Å²) in [5.41, 5.74) is 0.934. The van der Waals surface area contributed by atoms with Crippen molar-refractivity contribution in [3.05, 3.63) is 0 Å². The van der Waals surface area contributed by atoms with E-state index in [1.165, 1.54) is 77.0 Å². The molecule has 0 radical (unpaired) electrons. The van der Waals surface area contributed by atoms with Crippen LogP contribution >= 0.6 is 0 Å². The number of aliphatic carboxylic acids is 2. The van der Waals surface area contributed by atoms with Gasteiger partial charge in [0, 0.05) is 11.9 Å². The average Bonchev–Trinajstić information content (AvgIpc) is 2.70. The normalized spacial score (nSPS) is 11.0. The van der Waals surface area contributed by atoms with Crippen molar-refractivity contribution < 1.29 is 19.8 Å². The van der Waals surface area contributed by atoms with Crippen LogP contribution in [0.4, 0.5) is 0 Å². The second-order valence-corrected chi connectivity index (χ2v) is 15.2. The topological polar surface area (TPSA) is 80.3 Å². The number of rotatable bonds is 18. The summed E-state index contributed by atoms with van der Waals surface area (Å²) in [4.78, 5) is 24.9. The first kappa shape index (κ1) is 39.3. The SMILES string of the molecule is CC(C)(C)CCCCCCCCCC(=O)[O-].CC(C)(C)CCCCCCCCCC(=O)[O-].[CH3][Sn+2][CH3]. The molecule has 0 aromatic heterocycles. The Morgan fingerprint density at radius 3 is 0.886 bits per heavy atom. The van der Waals surface area contributed by atoms with Crippen LogP contribution in [0.25, 0.3) is 0 Å². The van der Waals surface area contributed by atoms with E-state index in [1.807, 2.05) is 0 Å². The molecule has 0 bridgehead atoms. The van der Waals surface area contributed by atoms with Crippen LogP contribution < -0.4 is 10.2 Å². The molecule has 0 unspecified atom stereocenters. The zero-order valence-electron chi connectivity index (χ0n) is 24.9. The predicted octanol–water partition coefficient (Wildman–Crippen LogP) is 7.37. The summed E-state index contributed by atoms with van der Waals surface area (Å²) in [6.45, 7) is 13.7. The van der Waals surface area contributed by atoms with E-state index in [4.69, 9.17) is 0 Å². The monoisotopic (exact) mass is 604 g/mol. The van der Waals surface area contributed by atoms with Crippen LogP contribution in [0.1, 0.15) is 157 Å². The van der Waals surface area contributed by atoms with Crippen molar-refractivity contribution in [3.8, 4) is 0 Å². The average molecular weight is 604 g/mol. The van der Waals surface area contributed by atoms with Crippen LogP contribution in [0, 0.1) is 10.8 Å². The van der Waals surface area contributed by atoms with Gasteiger partial charge in [0.25, 0.3) is 0 Å². The Kier molecular flexibility index (Phi) is 30.0. The van der Waals surface area contributed by atoms with Crippen molar-refractivity contribution in [2.45, 2.75) is 167 Å². The summed E-state index contributed by atoms with van der Waals surface area (Å²) in [7, 11) is 0. The molecule has 208 valence electrons. The van der Waals surface area contributed by atoms with Gasteiger partial charge in [-0.15, -0.1) is 0 Å². The van der Waals surface area contributed by atoms with Crippen molar-refractivity contribution in [2.75, 3.05) is 0 Å². The van der Waals surface area contributed by atoms with E-state index in [0.717, 1.165) is 25.7 Å². The molecule has 0 atom stereocenters. The molecule has 0 N–H and O–H groups in total. The first-order valence-electron chi connectivity index (χ1n) is 14.2. The Morgan fingerprint density at radius 1 is 0.486 bits per heavy atom. The molecular weight excluding hydrogens is 543 g/mol. The Bertz CT molecular complexity index is 422. The van der Waals surface area contributed by atoms with E-state index in [0.29, 0.717) is 10.8 Å². The van der Waals surface area contributed by atoms with Gasteiger partial charge in [-0.2, -0.15) is 0 Å². The molecule has 35 heavy (non-hydrogen) atoms. The third kappa shape index (κ3) is 51.3. The molecule has 0 aromatic carbocycles. The molecule has 0 aliphatic rings. The minimum absolute atomic E-state index is 0.226. The molecule has 0 saturated carbocycles. The summed E-state index contributed by atoms with van der Waals surface area (Å²) in [6.07, 6.45) is 19.4. The quantitative estimate of drug-likeness (QED) is 0.121. The molecule has 0 saturated heterocycles. The Hall–Kier alpha value is -0.261. The number of carboxylic acids is 2. The molecule has 0 heterocycles. The fourth-order valence-electron chi connectivity index (χ4n) is 3.62. The van der Waals surface area contributed by atoms with Crippen molar-refractivity contribution in [3.63, 3.8) is 0 Å². The van der Waals surface area contributed by atoms with E-state index in [9.17, 15) is 19.8 Å². The van der Waals surface area contributed by atoms with E-state index < -0.39 is 11.9 Å². The maximum atomic E-state index is 10.2. The summed E-state index contributed by atoms with van der Waals surface area (Å²) in [5.74, 6) is -1.82. The van der Waals surface area contributed by atoms with Crippen molar-refractivity contribution in [1.82, 2.24) is 0 Å². The molecule has 4 nitrogen and oxygen atoms in total. The van der Waals surface area contributed by atoms with Crippen LogP contribution in [0.2, 0.25) is 9.88 Å². The number of unbranched alkanes of at least 4 members (excludes halogenated alkanes) is 12. The molecule has 0 spiro atoms. The number of carbonyl (C=O) groups is 2. The van der Waals surface area contributed by atoms with Gasteiger partial charge in [-0.25, -0.2) is 0 Å². The fraction of sp³-hybridized carbons (Fsp3) is 0.933. The molecular formula is C30H60O4Sn. The molecule has 0 aliphatic heterocycles. The van der Waals surface area contributed by atoms with Crippen LogP contribution in [0.15, 0.2) is 0 Å². The Labute approximate surface area is 230 Å². The van der Waals surface area contributed by atoms with Gasteiger partial charge in [-0.1, -0.05) is 119 Å². The number of hydrogen-bond donors (Lipinski definition) is 0. The molecule has 0 rings (SSSR count). The Balaban J connectivity index is -0.000000525. The third-order valence-electron chi connectivity index (χ3n) is 5.62. The van der Waals surface area contributed by atoms with Crippen molar-refractivity contribution in [1.29, 1.82) is 0 Å². The first-order valence-corrected chi connectivity index (χ1v) is 19.9. The summed E-state index contributed by atoms with van der Waals surface area (Å²) < 4.78 is 0. The molecule has 0 fully saturated rings. The van der Waals surface area contributed by atoms with Gasteiger partial charge in [0.05, 0.1) is 0 Å². The Morgan fingerprint density at radius 2 is 0.686 bits per heavy atom. The third-order valence-corrected chi connectivity index (χ3v) is 5.62. The van der Waals surface area contributed by atoms with Crippen LogP contribution in [0.3, 0.4) is 0 Å². The molecule has 0 aromatic rings. The number of carbonyl (C=O) groups excluding carboxylic acids is 2. The van der Waals surface area contributed by atoms with E-state index in [-0.39, 0.29) is 34.0 Å². The van der Waals surface area contributed by atoms with Gasteiger partial charge in [0.1, 0.15) is 0 Å². The van der Waals surface area contributed by atoms with E-state index in [2.05, 4.69) is 51.4 Å². The van der Waals surface area contributed by atoms with E-state index >= 15 is 0 Å². The van der Waals surface area contributed by atoms with Crippen LogP contribution in [-0.2, 0) is 9.59 Å².